The van der Waals surface area contributed by atoms with Gasteiger partial charge in [-0.25, -0.2) is 0 Å². The average molecular weight is 348 g/mol. The monoisotopic (exact) mass is 348 g/mol. The van der Waals surface area contributed by atoms with Crippen molar-refractivity contribution in [1.82, 2.24) is 9.80 Å². The molecule has 8 nitrogen and oxygen atoms in total. The predicted molar refractivity (Wildman–Crippen MR) is 94.2 cm³/mol. The molecule has 0 bridgehead atoms. The van der Waals surface area contributed by atoms with E-state index in [1.807, 2.05) is 13.8 Å². The Kier molecular flexibility index (Phi) is 6.32. The van der Waals surface area contributed by atoms with Crippen LogP contribution >= 0.6 is 0 Å². The van der Waals surface area contributed by atoms with E-state index in [0.717, 1.165) is 0 Å². The van der Waals surface area contributed by atoms with Crippen molar-refractivity contribution in [2.24, 2.45) is 5.92 Å². The molecule has 2 amide bonds. The van der Waals surface area contributed by atoms with Gasteiger partial charge in [0, 0.05) is 51.1 Å². The normalized spacial score (nSPS) is 14.5. The van der Waals surface area contributed by atoms with Gasteiger partial charge in [-0.1, -0.05) is 26.0 Å². The van der Waals surface area contributed by atoms with E-state index in [1.54, 1.807) is 28.0 Å². The van der Waals surface area contributed by atoms with Crippen LogP contribution in [0.2, 0.25) is 0 Å². The molecule has 0 saturated carbocycles. The van der Waals surface area contributed by atoms with Gasteiger partial charge in [0.1, 0.15) is 5.69 Å². The van der Waals surface area contributed by atoms with E-state index in [4.69, 9.17) is 0 Å². The molecule has 136 valence electrons. The van der Waals surface area contributed by atoms with Crippen LogP contribution in [-0.4, -0.2) is 59.3 Å². The van der Waals surface area contributed by atoms with Crippen molar-refractivity contribution in [2.75, 3.05) is 38.0 Å². The number of nitro groups is 1. The summed E-state index contributed by atoms with van der Waals surface area (Å²) in [5, 5.41) is 13.9. The molecule has 0 unspecified atom stereocenters. The third kappa shape index (κ3) is 4.91. The number of amides is 2. The van der Waals surface area contributed by atoms with Crippen molar-refractivity contribution in [1.29, 1.82) is 0 Å². The zero-order valence-corrected chi connectivity index (χ0v) is 14.6. The number of hydrogen-bond acceptors (Lipinski definition) is 5. The first-order valence-electron chi connectivity index (χ1n) is 8.44. The lowest BCUT2D eigenvalue weighted by Crippen LogP contribution is -2.51. The number of carbonyl (C=O) groups excluding carboxylic acids is 2. The summed E-state index contributed by atoms with van der Waals surface area (Å²) >= 11 is 0. The Hall–Kier alpha value is -2.64. The minimum absolute atomic E-state index is 0.00392. The summed E-state index contributed by atoms with van der Waals surface area (Å²) in [5.41, 5.74) is 0.406. The van der Waals surface area contributed by atoms with E-state index in [2.05, 4.69) is 5.32 Å². The molecular formula is C17H24N4O4. The maximum atomic E-state index is 12.3. The lowest BCUT2D eigenvalue weighted by atomic mass is 10.1. The van der Waals surface area contributed by atoms with Gasteiger partial charge in [-0.2, -0.15) is 0 Å². The highest BCUT2D eigenvalue weighted by atomic mass is 16.6. The molecule has 1 aromatic rings. The maximum absolute atomic E-state index is 12.3. The van der Waals surface area contributed by atoms with Gasteiger partial charge in [-0.3, -0.25) is 19.7 Å². The van der Waals surface area contributed by atoms with Gasteiger partial charge in [-0.15, -0.1) is 0 Å². The van der Waals surface area contributed by atoms with Crippen molar-refractivity contribution >= 4 is 23.2 Å². The number of rotatable bonds is 6. The third-order valence-corrected chi connectivity index (χ3v) is 4.19. The second-order valence-corrected chi connectivity index (χ2v) is 6.31. The molecule has 0 radical (unpaired) electrons. The number of benzene rings is 1. The van der Waals surface area contributed by atoms with Gasteiger partial charge in [0.05, 0.1) is 4.92 Å². The highest BCUT2D eigenvalue weighted by molar-refractivity contribution is 5.80. The summed E-state index contributed by atoms with van der Waals surface area (Å²) in [5.74, 6) is 0.0704. The minimum atomic E-state index is -0.449. The first-order chi connectivity index (χ1) is 11.9. The molecule has 0 aliphatic carbocycles. The molecule has 1 aliphatic rings. The number of nitrogens with one attached hydrogen (secondary N) is 1. The molecule has 25 heavy (non-hydrogen) atoms. The highest BCUT2D eigenvalue weighted by Crippen LogP contribution is 2.23. The fraction of sp³-hybridized carbons (Fsp3) is 0.529. The zero-order valence-electron chi connectivity index (χ0n) is 14.6. The molecule has 1 aromatic carbocycles. The van der Waals surface area contributed by atoms with Crippen molar-refractivity contribution in [3.63, 3.8) is 0 Å². The zero-order chi connectivity index (χ0) is 18.4. The van der Waals surface area contributed by atoms with Crippen molar-refractivity contribution in [3.8, 4) is 0 Å². The largest absolute Gasteiger partial charge is 0.379 e. The Morgan fingerprint density at radius 3 is 2.36 bits per heavy atom. The van der Waals surface area contributed by atoms with Gasteiger partial charge in [0.25, 0.3) is 5.69 Å². The molecule has 1 saturated heterocycles. The average Bonchev–Trinajstić information content (AvgIpc) is 2.61. The molecule has 1 heterocycles. The SMILES string of the molecule is CC(C)C(=O)N1CCN(C(=O)CCNc2ccccc2[N+](=O)[O-])CC1. The lowest BCUT2D eigenvalue weighted by molar-refractivity contribution is -0.384. The van der Waals surface area contributed by atoms with Crippen molar-refractivity contribution < 1.29 is 14.5 Å². The van der Waals surface area contributed by atoms with E-state index in [1.165, 1.54) is 6.07 Å². The smallest absolute Gasteiger partial charge is 0.292 e. The van der Waals surface area contributed by atoms with Crippen LogP contribution in [0, 0.1) is 16.0 Å². The number of nitro benzene ring substituents is 1. The summed E-state index contributed by atoms with van der Waals surface area (Å²) < 4.78 is 0. The highest BCUT2D eigenvalue weighted by Gasteiger charge is 2.25. The standard InChI is InChI=1S/C17H24N4O4/c1-13(2)17(23)20-11-9-19(10-12-20)16(22)7-8-18-14-5-3-4-6-15(14)21(24)25/h3-6,13,18H,7-12H2,1-2H3. The second-order valence-electron chi connectivity index (χ2n) is 6.31. The van der Waals surface area contributed by atoms with Gasteiger partial charge >= 0.3 is 0 Å². The van der Waals surface area contributed by atoms with Crippen LogP contribution in [0.25, 0.3) is 0 Å². The van der Waals surface area contributed by atoms with E-state index >= 15 is 0 Å². The van der Waals surface area contributed by atoms with Crippen molar-refractivity contribution in [2.45, 2.75) is 20.3 Å². The first kappa shape index (κ1) is 18.7. The van der Waals surface area contributed by atoms with Gasteiger partial charge < -0.3 is 15.1 Å². The van der Waals surface area contributed by atoms with E-state index in [0.29, 0.717) is 38.4 Å². The summed E-state index contributed by atoms with van der Waals surface area (Å²) in [6, 6.07) is 6.36. The quantitative estimate of drug-likeness (QED) is 0.624. The third-order valence-electron chi connectivity index (χ3n) is 4.19. The Labute approximate surface area is 146 Å². The van der Waals surface area contributed by atoms with Crippen LogP contribution in [0.15, 0.2) is 24.3 Å². The van der Waals surface area contributed by atoms with Gasteiger partial charge in [0.2, 0.25) is 11.8 Å². The molecule has 0 spiro atoms. The Morgan fingerprint density at radius 2 is 1.76 bits per heavy atom. The summed E-state index contributed by atoms with van der Waals surface area (Å²) in [4.78, 5) is 38.3. The van der Waals surface area contributed by atoms with Crippen LogP contribution in [-0.2, 0) is 9.59 Å². The number of nitrogens with zero attached hydrogens (tertiary/aromatic N) is 3. The Balaban J connectivity index is 1.79. The molecular weight excluding hydrogens is 324 g/mol. The van der Waals surface area contributed by atoms with E-state index < -0.39 is 4.92 Å². The number of para-hydroxylation sites is 2. The number of piperazine rings is 1. The van der Waals surface area contributed by atoms with Gasteiger partial charge in [-0.05, 0) is 6.07 Å². The van der Waals surface area contributed by atoms with Crippen molar-refractivity contribution in [3.05, 3.63) is 34.4 Å². The lowest BCUT2D eigenvalue weighted by Gasteiger charge is -2.35. The molecule has 0 aromatic heterocycles. The molecule has 1 aliphatic heterocycles. The van der Waals surface area contributed by atoms with Crippen LogP contribution < -0.4 is 5.32 Å². The first-order valence-corrected chi connectivity index (χ1v) is 8.44. The molecule has 2 rings (SSSR count). The second kappa shape index (κ2) is 8.46. The molecule has 8 heteroatoms. The molecule has 1 fully saturated rings. The van der Waals surface area contributed by atoms with Crippen LogP contribution in [0.3, 0.4) is 0 Å². The number of hydrogen-bond donors (Lipinski definition) is 1. The topological polar surface area (TPSA) is 95.8 Å². The fourth-order valence-electron chi connectivity index (χ4n) is 2.79. The minimum Gasteiger partial charge on any atom is -0.379 e. The predicted octanol–water partition coefficient (Wildman–Crippen LogP) is 1.72. The number of anilines is 1. The number of carbonyl (C=O) groups is 2. The van der Waals surface area contributed by atoms with Crippen LogP contribution in [0.4, 0.5) is 11.4 Å². The molecule has 1 N–H and O–H groups in total. The summed E-state index contributed by atoms with van der Waals surface area (Å²) in [6.07, 6.45) is 0.254. The molecule has 0 atom stereocenters. The summed E-state index contributed by atoms with van der Waals surface area (Å²) in [7, 11) is 0. The van der Waals surface area contributed by atoms with E-state index in [9.17, 15) is 19.7 Å². The Morgan fingerprint density at radius 1 is 1.16 bits per heavy atom. The van der Waals surface area contributed by atoms with Gasteiger partial charge in [0.15, 0.2) is 0 Å². The van der Waals surface area contributed by atoms with Crippen LogP contribution in [0.1, 0.15) is 20.3 Å². The van der Waals surface area contributed by atoms with E-state index in [-0.39, 0.29) is 29.8 Å². The maximum Gasteiger partial charge on any atom is 0.292 e. The Bertz CT molecular complexity index is 639. The fourth-order valence-corrected chi connectivity index (χ4v) is 2.79. The summed E-state index contributed by atoms with van der Waals surface area (Å²) in [6.45, 7) is 6.24. The van der Waals surface area contributed by atoms with Crippen LogP contribution in [0.5, 0.6) is 0 Å².